The molecule has 5 rings (SSSR count). The van der Waals surface area contributed by atoms with Crippen molar-refractivity contribution in [2.45, 2.75) is 19.3 Å². The molecule has 0 bridgehead atoms. The topological polar surface area (TPSA) is 78.0 Å². The summed E-state index contributed by atoms with van der Waals surface area (Å²) in [6.45, 7) is 4.03. The number of carbonyl (C=O) groups excluding carboxylic acids is 1. The number of rotatable bonds is 4. The number of H-pyrrole nitrogens is 1. The number of anilines is 1. The van der Waals surface area contributed by atoms with Crippen molar-refractivity contribution in [2.24, 2.45) is 5.41 Å². The zero-order valence-electron chi connectivity index (χ0n) is 15.7. The molecule has 2 saturated heterocycles. The predicted octanol–water partition coefficient (Wildman–Crippen LogP) is 2.12. The van der Waals surface area contributed by atoms with Crippen LogP contribution in [-0.4, -0.2) is 64.5 Å². The molecule has 141 valence electrons. The third kappa shape index (κ3) is 2.97. The van der Waals surface area contributed by atoms with E-state index in [1.54, 1.807) is 13.7 Å². The molecule has 2 aliphatic rings. The van der Waals surface area contributed by atoms with Gasteiger partial charge in [0, 0.05) is 60.1 Å². The molecule has 3 aromatic rings. The lowest BCUT2D eigenvalue weighted by atomic mass is 9.77. The molecule has 28 heavy (non-hydrogen) atoms. The van der Waals surface area contributed by atoms with Crippen molar-refractivity contribution in [3.05, 3.63) is 37.2 Å². The zero-order chi connectivity index (χ0) is 19.0. The summed E-state index contributed by atoms with van der Waals surface area (Å²) in [7, 11) is 1.70. The lowest BCUT2D eigenvalue weighted by molar-refractivity contribution is 0.236. The number of fused-ring (bicyclic) bond motifs is 1. The Hall–Kier alpha value is -2.74. The molecule has 0 aromatic carbocycles. The lowest BCUT2D eigenvalue weighted by Crippen LogP contribution is -2.42. The van der Waals surface area contributed by atoms with Gasteiger partial charge in [-0.1, -0.05) is 0 Å². The molecular formula is C20H22BN6O. The Balaban J connectivity index is 1.42. The molecule has 1 spiro atoms. The van der Waals surface area contributed by atoms with Gasteiger partial charge in [-0.25, -0.2) is 15.0 Å². The smallest absolute Gasteiger partial charge is 0.293 e. The monoisotopic (exact) mass is 373 g/mol. The summed E-state index contributed by atoms with van der Waals surface area (Å²) in [5.41, 5.74) is 4.54. The Kier molecular flexibility index (Phi) is 4.35. The summed E-state index contributed by atoms with van der Waals surface area (Å²) in [4.78, 5) is 31.6. The van der Waals surface area contributed by atoms with Gasteiger partial charge >= 0.3 is 0 Å². The average molecular weight is 373 g/mol. The molecule has 0 amide bonds. The highest BCUT2D eigenvalue weighted by atomic mass is 16.1. The predicted molar refractivity (Wildman–Crippen MR) is 110 cm³/mol. The van der Waals surface area contributed by atoms with Crippen LogP contribution in [0.25, 0.3) is 22.2 Å². The third-order valence-electron chi connectivity index (χ3n) is 6.33. The van der Waals surface area contributed by atoms with Gasteiger partial charge in [0.1, 0.15) is 12.0 Å². The van der Waals surface area contributed by atoms with E-state index in [0.29, 0.717) is 5.41 Å². The first-order valence-electron chi connectivity index (χ1n) is 9.77. The van der Waals surface area contributed by atoms with Crippen LogP contribution in [0.3, 0.4) is 0 Å². The normalized spacial score (nSPS) is 19.4. The molecular weight excluding hydrogens is 351 g/mol. The van der Waals surface area contributed by atoms with Crippen LogP contribution in [-0.2, 0) is 4.79 Å². The first-order valence-corrected chi connectivity index (χ1v) is 9.77. The largest absolute Gasteiger partial charge is 0.371 e. The fraction of sp³-hybridized carbons (Fsp3) is 0.400. The van der Waals surface area contributed by atoms with E-state index in [9.17, 15) is 4.79 Å². The highest BCUT2D eigenvalue weighted by molar-refractivity contribution is 6.64. The second-order valence-electron chi connectivity index (χ2n) is 7.88. The maximum absolute atomic E-state index is 10.8. The van der Waals surface area contributed by atoms with E-state index < -0.39 is 0 Å². The van der Waals surface area contributed by atoms with Crippen molar-refractivity contribution in [3.63, 3.8) is 0 Å². The fourth-order valence-corrected chi connectivity index (χ4v) is 4.78. The van der Waals surface area contributed by atoms with Crippen molar-refractivity contribution in [3.8, 4) is 11.1 Å². The average Bonchev–Trinajstić information content (AvgIpc) is 3.34. The van der Waals surface area contributed by atoms with Gasteiger partial charge in [-0.05, 0) is 43.8 Å². The van der Waals surface area contributed by atoms with Crippen LogP contribution in [0.5, 0.6) is 0 Å². The van der Waals surface area contributed by atoms with Crippen LogP contribution in [0.2, 0.25) is 0 Å². The second kappa shape index (κ2) is 7.02. The highest BCUT2D eigenvalue weighted by Gasteiger charge is 2.40. The Morgan fingerprint density at radius 2 is 1.93 bits per heavy atom. The molecule has 7 nitrogen and oxygen atoms in total. The maximum atomic E-state index is 10.8. The molecule has 1 N–H and O–H groups in total. The minimum atomic E-state index is 0.344. The van der Waals surface area contributed by atoms with Gasteiger partial charge in [-0.2, -0.15) is 0 Å². The number of aromatic nitrogens is 4. The number of nitrogens with one attached hydrogen (secondary N) is 1. The van der Waals surface area contributed by atoms with Gasteiger partial charge < -0.3 is 19.5 Å². The van der Waals surface area contributed by atoms with Gasteiger partial charge in [-0.15, -0.1) is 0 Å². The molecule has 0 aliphatic carbocycles. The van der Waals surface area contributed by atoms with E-state index in [1.165, 1.54) is 12.1 Å². The van der Waals surface area contributed by atoms with Crippen molar-refractivity contribution < 1.29 is 4.79 Å². The summed E-state index contributed by atoms with van der Waals surface area (Å²) >= 11 is 0. The minimum absolute atomic E-state index is 0.344. The molecule has 3 aromatic heterocycles. The van der Waals surface area contributed by atoms with Crippen LogP contribution in [0.4, 0.5) is 5.69 Å². The summed E-state index contributed by atoms with van der Waals surface area (Å²) in [5.74, 6) is 0. The van der Waals surface area contributed by atoms with Crippen LogP contribution >= 0.6 is 0 Å². The fourth-order valence-electron chi connectivity index (χ4n) is 4.78. The maximum Gasteiger partial charge on any atom is 0.293 e. The molecule has 5 heterocycles. The van der Waals surface area contributed by atoms with E-state index in [0.717, 1.165) is 67.4 Å². The number of hydrogen-bond acceptors (Lipinski definition) is 6. The number of hydrogen-bond donors (Lipinski definition) is 1. The highest BCUT2D eigenvalue weighted by Crippen LogP contribution is 2.42. The van der Waals surface area contributed by atoms with Gasteiger partial charge in [-0.3, -0.25) is 0 Å². The van der Waals surface area contributed by atoms with Gasteiger partial charge in [0.25, 0.3) is 7.41 Å². The molecule has 0 atom stereocenters. The Labute approximate surface area is 164 Å². The Bertz CT molecular complexity index is 983. The molecule has 0 saturated carbocycles. The number of nitrogens with zero attached hydrogens (tertiary/aromatic N) is 5. The minimum Gasteiger partial charge on any atom is -0.371 e. The first kappa shape index (κ1) is 17.4. The third-order valence-corrected chi connectivity index (χ3v) is 6.33. The van der Waals surface area contributed by atoms with E-state index >= 15 is 0 Å². The molecule has 2 aliphatic heterocycles. The SMILES string of the molecule is O=C[B]N1CCC2(CCN(c3ccnc4[nH]cc(-c5cncnc5)c34)CC2)C1. The van der Waals surface area contributed by atoms with Crippen LogP contribution in [0, 0.1) is 5.41 Å². The van der Waals surface area contributed by atoms with E-state index in [2.05, 4.69) is 35.7 Å². The van der Waals surface area contributed by atoms with Crippen molar-refractivity contribution in [1.29, 1.82) is 0 Å². The van der Waals surface area contributed by atoms with Crippen LogP contribution in [0.15, 0.2) is 37.2 Å². The molecule has 8 heteroatoms. The Morgan fingerprint density at radius 1 is 1.14 bits per heavy atom. The molecule has 2 fully saturated rings. The van der Waals surface area contributed by atoms with E-state index in [-0.39, 0.29) is 0 Å². The quantitative estimate of drug-likeness (QED) is 0.558. The van der Waals surface area contributed by atoms with Crippen molar-refractivity contribution in [2.75, 3.05) is 31.1 Å². The zero-order valence-corrected chi connectivity index (χ0v) is 15.7. The van der Waals surface area contributed by atoms with Crippen molar-refractivity contribution >= 4 is 30.3 Å². The number of pyridine rings is 1. The van der Waals surface area contributed by atoms with Gasteiger partial charge in [0.2, 0.25) is 0 Å². The van der Waals surface area contributed by atoms with E-state index in [4.69, 9.17) is 0 Å². The Morgan fingerprint density at radius 3 is 2.71 bits per heavy atom. The lowest BCUT2D eigenvalue weighted by Gasteiger charge is -2.40. The number of aromatic amines is 1. The summed E-state index contributed by atoms with van der Waals surface area (Å²) in [6.07, 6.45) is 13.5. The van der Waals surface area contributed by atoms with Crippen LogP contribution in [0.1, 0.15) is 19.3 Å². The van der Waals surface area contributed by atoms with Crippen molar-refractivity contribution in [1.82, 2.24) is 24.7 Å². The standard InChI is InChI=1S/C20H22BN6O/c28-13-21-27-8-4-20(12-27)2-6-26(7-3-20)17-1-5-24-19-18(17)16(11-25-19)15-9-22-14-23-10-15/h1,5,9-11,13-14H,2-4,6-8,12H2,(H,24,25). The molecule has 0 unspecified atom stereocenters. The first-order chi connectivity index (χ1) is 13.8. The molecule has 1 radical (unpaired) electrons. The summed E-state index contributed by atoms with van der Waals surface area (Å²) < 4.78 is 0. The summed E-state index contributed by atoms with van der Waals surface area (Å²) in [5, 5.41) is 1.13. The van der Waals surface area contributed by atoms with Gasteiger partial charge in [0.05, 0.1) is 6.19 Å². The van der Waals surface area contributed by atoms with Gasteiger partial charge in [0.15, 0.2) is 0 Å². The number of piperidine rings is 1. The summed E-state index contributed by atoms with van der Waals surface area (Å²) in [6, 6.07) is 2.11. The van der Waals surface area contributed by atoms with Crippen LogP contribution < -0.4 is 4.90 Å². The number of carbonyl (C=O) groups is 1. The van der Waals surface area contributed by atoms with E-state index in [1.807, 2.05) is 24.8 Å². The second-order valence-corrected chi connectivity index (χ2v) is 7.88.